The molecule has 1 amide bonds. The van der Waals surface area contributed by atoms with E-state index in [1.54, 1.807) is 18.8 Å². The lowest BCUT2D eigenvalue weighted by Gasteiger charge is -2.05. The van der Waals surface area contributed by atoms with Gasteiger partial charge in [0.15, 0.2) is 0 Å². The molecule has 0 aromatic carbocycles. The number of aliphatic hydroxyl groups is 1. The third-order valence-electron chi connectivity index (χ3n) is 3.23. The van der Waals surface area contributed by atoms with Gasteiger partial charge in [0.1, 0.15) is 5.94 Å². The van der Waals surface area contributed by atoms with Gasteiger partial charge in [0, 0.05) is 73.5 Å². The van der Waals surface area contributed by atoms with Gasteiger partial charge >= 0.3 is 0 Å². The third-order valence-corrected chi connectivity index (χ3v) is 14.7. The maximum absolute atomic E-state index is 11.9. The molecule has 0 heterocycles. The van der Waals surface area contributed by atoms with Crippen LogP contribution in [0.15, 0.2) is 9.98 Å². The highest BCUT2D eigenvalue weighted by Crippen LogP contribution is 2.19. The average molecular weight is 708 g/mol. The van der Waals surface area contributed by atoms with E-state index in [1.807, 2.05) is 58.8 Å². The zero-order valence-corrected chi connectivity index (χ0v) is 29.0. The maximum Gasteiger partial charge on any atom is 0.279 e. The summed E-state index contributed by atoms with van der Waals surface area (Å²) in [4.78, 5) is 29.5. The van der Waals surface area contributed by atoms with Crippen LogP contribution in [0.1, 0.15) is 0 Å². The summed E-state index contributed by atoms with van der Waals surface area (Å²) in [6.07, 6.45) is 1.33. The molecule has 37 heavy (non-hydrogen) atoms. The molecule has 0 aromatic rings. The summed E-state index contributed by atoms with van der Waals surface area (Å²) in [6.45, 7) is 1.39. The van der Waals surface area contributed by atoms with Gasteiger partial charge in [-0.25, -0.2) is 0 Å². The van der Waals surface area contributed by atoms with Crippen LogP contribution in [0.3, 0.4) is 0 Å². The number of aliphatic imine (C=N–C) groups is 2. The number of aliphatic hydroxyl groups excluding tert-OH is 1. The van der Waals surface area contributed by atoms with Gasteiger partial charge in [-0.3, -0.25) is 19.0 Å². The van der Waals surface area contributed by atoms with Crippen LogP contribution in [0.25, 0.3) is 0 Å². The fraction of sp³-hybridized carbons (Fsp3) is 0.842. The summed E-state index contributed by atoms with van der Waals surface area (Å²) in [5.74, 6) is 5.72. The van der Waals surface area contributed by atoms with Crippen LogP contribution in [0.2, 0.25) is 0 Å². The Labute approximate surface area is 262 Å². The minimum atomic E-state index is -0.931. The minimum Gasteiger partial charge on any atom is -0.386 e. The molecule has 8 nitrogen and oxygen atoms in total. The molecule has 0 bridgehead atoms. The highest BCUT2D eigenvalue weighted by molar-refractivity contribution is 8.23. The first kappa shape index (κ1) is 38.8. The van der Waals surface area contributed by atoms with Crippen LogP contribution in [-0.2, 0) is 20.6 Å². The molecule has 2 N–H and O–H groups in total. The monoisotopic (exact) mass is 707 g/mol. The molecule has 0 fully saturated rings. The van der Waals surface area contributed by atoms with Crippen molar-refractivity contribution in [1.29, 1.82) is 0 Å². The van der Waals surface area contributed by atoms with Crippen molar-refractivity contribution in [3.8, 4) is 0 Å². The molecule has 0 aliphatic rings. The molecular weight excluding hydrogens is 671 g/mol. The quantitative estimate of drug-likeness (QED) is 0.0272. The lowest BCUT2D eigenvalue weighted by atomic mass is 10.8. The first-order chi connectivity index (χ1) is 18.2. The van der Waals surface area contributed by atoms with E-state index in [1.165, 1.54) is 47.2 Å². The molecule has 0 rings (SSSR count). The van der Waals surface area contributed by atoms with Crippen molar-refractivity contribution in [1.82, 2.24) is 5.32 Å². The first-order valence-corrected chi connectivity index (χ1v) is 22.5. The fourth-order valence-electron chi connectivity index (χ4n) is 1.74. The predicted molar refractivity (Wildman–Crippen MR) is 185 cm³/mol. The maximum atomic E-state index is 11.9. The van der Waals surface area contributed by atoms with Crippen LogP contribution in [0, 0.1) is 0 Å². The Morgan fingerprint density at radius 1 is 0.892 bits per heavy atom. The van der Waals surface area contributed by atoms with Crippen LogP contribution in [0.4, 0.5) is 4.79 Å². The Balaban J connectivity index is 3.23. The molecule has 0 aliphatic heterocycles. The average Bonchev–Trinajstić information content (AvgIpc) is 2.89. The number of carbonyl (C=O) groups is 1. The highest BCUT2D eigenvalue weighted by atomic mass is 32.2. The van der Waals surface area contributed by atoms with E-state index >= 15 is 0 Å². The van der Waals surface area contributed by atoms with Crippen molar-refractivity contribution in [2.24, 2.45) is 9.98 Å². The Hall–Kier alpha value is 1.83. The second kappa shape index (κ2) is 34.0. The topological polar surface area (TPSA) is 110 Å². The normalized spacial score (nSPS) is 12.5. The summed E-state index contributed by atoms with van der Waals surface area (Å²) >= 11 is 15.4. The fourth-order valence-corrected chi connectivity index (χ4v) is 11.6. The van der Waals surface area contributed by atoms with Crippen LogP contribution < -0.4 is 5.32 Å². The second-order valence-electron chi connectivity index (χ2n) is 6.02. The van der Waals surface area contributed by atoms with Gasteiger partial charge in [0.2, 0.25) is 6.40 Å². The lowest BCUT2D eigenvalue weighted by molar-refractivity contribution is -0.196. The zero-order valence-electron chi connectivity index (χ0n) is 20.8. The Morgan fingerprint density at radius 3 is 2.30 bits per heavy atom. The number of rotatable bonds is 28. The summed E-state index contributed by atoms with van der Waals surface area (Å²) in [6, 6.07) is 0. The number of hydrogen-bond acceptors (Lipinski definition) is 16. The van der Waals surface area contributed by atoms with E-state index in [2.05, 4.69) is 15.3 Å². The van der Waals surface area contributed by atoms with E-state index in [0.29, 0.717) is 24.8 Å². The van der Waals surface area contributed by atoms with E-state index < -0.39 is 10.8 Å². The molecule has 1 atom stereocenters. The number of thioether (sulfide) groups is 9. The van der Waals surface area contributed by atoms with Gasteiger partial charge in [-0.2, -0.15) is 28.4 Å². The largest absolute Gasteiger partial charge is 0.386 e. The SMILES string of the molecule is CN=CS(=O)CCSCSCSCCSC(=O)NCCSCSCSCCN=COOCSCSCO. The molecule has 18 heteroatoms. The summed E-state index contributed by atoms with van der Waals surface area (Å²) in [7, 11) is 0.710. The smallest absolute Gasteiger partial charge is 0.279 e. The zero-order chi connectivity index (χ0) is 27.1. The van der Waals surface area contributed by atoms with Gasteiger partial charge in [-0.1, -0.05) is 11.8 Å². The number of nitrogens with one attached hydrogen (secondary N) is 1. The van der Waals surface area contributed by atoms with E-state index in [-0.39, 0.29) is 11.2 Å². The molecule has 0 spiro atoms. The number of nitrogens with zero attached hydrogens (tertiary/aromatic N) is 2. The van der Waals surface area contributed by atoms with Gasteiger partial charge in [0.05, 0.1) is 28.8 Å². The molecule has 0 aromatic heterocycles. The minimum absolute atomic E-state index is 0.0608. The van der Waals surface area contributed by atoms with Crippen molar-refractivity contribution in [2.45, 2.75) is 0 Å². The number of hydrogen-bond donors (Lipinski definition) is 2. The van der Waals surface area contributed by atoms with Crippen LogP contribution in [0.5, 0.6) is 0 Å². The molecule has 0 saturated heterocycles. The standard InChI is InChI=1S/C19H37N3O5S10/c1-20-11-37(25)9-8-31-17-35-16-30-6-7-36-19(24)22-3-5-29-15-34-14-28-4-2-21-10-26-27-13-33-18-32-12-23/h10-11,23H,2-9,12-18H2,1H3,(H,22,24). The molecule has 0 saturated carbocycles. The van der Waals surface area contributed by atoms with Crippen molar-refractivity contribution < 1.29 is 23.9 Å². The van der Waals surface area contributed by atoms with Crippen molar-refractivity contribution in [3.63, 3.8) is 0 Å². The highest BCUT2D eigenvalue weighted by Gasteiger charge is 2.02. The molecular formula is C19H37N3O5S10. The van der Waals surface area contributed by atoms with Gasteiger partial charge < -0.3 is 15.3 Å². The summed E-state index contributed by atoms with van der Waals surface area (Å²) < 4.78 is 11.4. The summed E-state index contributed by atoms with van der Waals surface area (Å²) in [5.41, 5.74) is 1.50. The molecule has 1 unspecified atom stereocenters. The molecule has 218 valence electrons. The third kappa shape index (κ3) is 33.9. The van der Waals surface area contributed by atoms with E-state index in [9.17, 15) is 9.00 Å². The van der Waals surface area contributed by atoms with E-state index in [4.69, 9.17) is 14.9 Å². The molecule has 0 aliphatic carbocycles. The van der Waals surface area contributed by atoms with Crippen LogP contribution in [-0.4, -0.2) is 118 Å². The Bertz CT molecular complexity index is 597. The Kier molecular flexibility index (Phi) is 35.7. The van der Waals surface area contributed by atoms with Crippen molar-refractivity contribution >= 4 is 134 Å². The van der Waals surface area contributed by atoms with Gasteiger partial charge in [0.25, 0.3) is 5.24 Å². The van der Waals surface area contributed by atoms with E-state index in [0.717, 1.165) is 54.2 Å². The number of amides is 1. The first-order valence-electron chi connectivity index (χ1n) is 10.9. The Morgan fingerprint density at radius 2 is 1.57 bits per heavy atom. The van der Waals surface area contributed by atoms with Crippen molar-refractivity contribution in [3.05, 3.63) is 0 Å². The number of carbonyl (C=O) groups excluding carboxylic acids is 1. The predicted octanol–water partition coefficient (Wildman–Crippen LogP) is 5.37. The second-order valence-corrected chi connectivity index (χ2v) is 18.6. The molecule has 0 radical (unpaired) electrons. The van der Waals surface area contributed by atoms with Crippen LogP contribution >= 0.6 is 106 Å². The van der Waals surface area contributed by atoms with Gasteiger partial charge in [-0.05, 0) is 0 Å². The lowest BCUT2D eigenvalue weighted by Crippen LogP contribution is -2.22. The van der Waals surface area contributed by atoms with Gasteiger partial charge in [-0.15, -0.1) is 70.6 Å². The summed E-state index contributed by atoms with van der Waals surface area (Å²) in [5, 5.41) is 16.5. The van der Waals surface area contributed by atoms with Crippen molar-refractivity contribution in [2.75, 3.05) is 92.0 Å².